The molecule has 2 aliphatic rings. The summed E-state index contributed by atoms with van der Waals surface area (Å²) in [4.78, 5) is 17.4. The molecule has 5 rings (SSSR count). The van der Waals surface area contributed by atoms with E-state index in [9.17, 15) is 0 Å². The molecule has 0 aromatic carbocycles. The summed E-state index contributed by atoms with van der Waals surface area (Å²) < 4.78 is 2.06. The first kappa shape index (κ1) is 14.4. The Bertz CT molecular complexity index is 931. The van der Waals surface area contributed by atoms with Crippen molar-refractivity contribution in [1.29, 1.82) is 0 Å². The molecule has 0 amide bonds. The molecule has 0 spiro atoms. The first-order chi connectivity index (χ1) is 11.7. The van der Waals surface area contributed by atoms with Gasteiger partial charge >= 0.3 is 0 Å². The molecule has 2 N–H and O–H groups in total. The molecule has 2 atom stereocenters. The van der Waals surface area contributed by atoms with Crippen LogP contribution in [-0.4, -0.2) is 32.4 Å². The Hall–Kier alpha value is -1.99. The smallest absolute Gasteiger partial charge is 0.211 e. The van der Waals surface area contributed by atoms with Gasteiger partial charge in [-0.2, -0.15) is 0 Å². The number of nitrogens with zero attached hydrogens (tertiary/aromatic N) is 5. The minimum absolute atomic E-state index is 0.335. The zero-order chi connectivity index (χ0) is 16.3. The van der Waals surface area contributed by atoms with Crippen LogP contribution in [0.4, 0.5) is 11.8 Å². The highest BCUT2D eigenvalue weighted by atomic mass is 35.5. The first-order valence-electron chi connectivity index (χ1n) is 7.85. The summed E-state index contributed by atoms with van der Waals surface area (Å²) in [5.41, 5.74) is 6.68. The average Bonchev–Trinajstić information content (AvgIpc) is 3.00. The minimum atomic E-state index is 0.335. The van der Waals surface area contributed by atoms with Gasteiger partial charge < -0.3 is 10.6 Å². The maximum Gasteiger partial charge on any atom is 0.211 e. The van der Waals surface area contributed by atoms with E-state index in [0.717, 1.165) is 46.3 Å². The van der Waals surface area contributed by atoms with Gasteiger partial charge in [-0.15, -0.1) is 0 Å². The van der Waals surface area contributed by atoms with Crippen molar-refractivity contribution < 1.29 is 0 Å². The third-order valence-electron chi connectivity index (χ3n) is 4.74. The fourth-order valence-corrected chi connectivity index (χ4v) is 4.52. The van der Waals surface area contributed by atoms with Gasteiger partial charge in [0.25, 0.3) is 0 Å². The van der Waals surface area contributed by atoms with E-state index in [0.29, 0.717) is 10.8 Å². The van der Waals surface area contributed by atoms with E-state index >= 15 is 0 Å². The Balaban J connectivity index is 1.53. The average molecular weight is 359 g/mol. The lowest BCUT2D eigenvalue weighted by Gasteiger charge is -2.20. The van der Waals surface area contributed by atoms with Crippen LogP contribution < -0.4 is 10.6 Å². The third kappa shape index (κ3) is 2.22. The topological polar surface area (TPSA) is 72.3 Å². The molecule has 1 aliphatic heterocycles. The molecule has 4 heterocycles. The number of hydrogen-bond acceptors (Lipinski definition) is 6. The molecule has 3 aromatic rings. The van der Waals surface area contributed by atoms with Crippen LogP contribution in [0.15, 0.2) is 40.6 Å². The molecule has 3 aromatic heterocycles. The van der Waals surface area contributed by atoms with Crippen LogP contribution in [-0.2, 0) is 0 Å². The Morgan fingerprint density at radius 3 is 2.79 bits per heavy atom. The second kappa shape index (κ2) is 5.26. The molecule has 6 nitrogen and oxygen atoms in total. The van der Waals surface area contributed by atoms with Crippen molar-refractivity contribution >= 4 is 40.8 Å². The predicted molar refractivity (Wildman–Crippen MR) is 94.6 cm³/mol. The van der Waals surface area contributed by atoms with E-state index in [-0.39, 0.29) is 0 Å². The Labute approximate surface area is 148 Å². The van der Waals surface area contributed by atoms with Gasteiger partial charge in [-0.05, 0) is 24.3 Å². The van der Waals surface area contributed by atoms with Gasteiger partial charge in [0.1, 0.15) is 5.82 Å². The normalized spacial score (nSPS) is 22.1. The Morgan fingerprint density at radius 1 is 1.12 bits per heavy atom. The van der Waals surface area contributed by atoms with Gasteiger partial charge in [0.15, 0.2) is 5.65 Å². The van der Waals surface area contributed by atoms with E-state index in [2.05, 4.69) is 19.3 Å². The molecule has 2 fully saturated rings. The largest absolute Gasteiger partial charge is 0.382 e. The quantitative estimate of drug-likeness (QED) is 0.776. The van der Waals surface area contributed by atoms with E-state index in [1.54, 1.807) is 6.20 Å². The van der Waals surface area contributed by atoms with Gasteiger partial charge in [-0.1, -0.05) is 23.4 Å². The van der Waals surface area contributed by atoms with Crippen molar-refractivity contribution in [2.75, 3.05) is 23.7 Å². The molecule has 8 heteroatoms. The van der Waals surface area contributed by atoms with Crippen LogP contribution in [0.2, 0.25) is 5.02 Å². The van der Waals surface area contributed by atoms with Crippen molar-refractivity contribution in [3.63, 3.8) is 0 Å². The summed E-state index contributed by atoms with van der Waals surface area (Å²) in [6.07, 6.45) is 8.68. The zero-order valence-corrected chi connectivity index (χ0v) is 14.3. The number of halogens is 1. The Morgan fingerprint density at radius 2 is 1.96 bits per heavy atom. The lowest BCUT2D eigenvalue weighted by Crippen LogP contribution is -2.25. The molecular weight excluding hydrogens is 344 g/mol. The van der Waals surface area contributed by atoms with E-state index in [4.69, 9.17) is 22.3 Å². The molecule has 0 bridgehead atoms. The zero-order valence-electron chi connectivity index (χ0n) is 12.8. The summed E-state index contributed by atoms with van der Waals surface area (Å²) in [6, 6.07) is 1.85. The number of hydrogen-bond donors (Lipinski definition) is 1. The van der Waals surface area contributed by atoms with E-state index < -0.39 is 0 Å². The van der Waals surface area contributed by atoms with Crippen LogP contribution in [0.5, 0.6) is 0 Å². The number of fused-ring (bicyclic) bond motifs is 2. The van der Waals surface area contributed by atoms with Crippen LogP contribution in [0.25, 0.3) is 5.65 Å². The van der Waals surface area contributed by atoms with Crippen molar-refractivity contribution in [3.05, 3.63) is 35.9 Å². The van der Waals surface area contributed by atoms with Crippen LogP contribution in [0, 0.1) is 11.8 Å². The Kier molecular flexibility index (Phi) is 3.14. The summed E-state index contributed by atoms with van der Waals surface area (Å²) in [5, 5.41) is 0.468. The lowest BCUT2D eigenvalue weighted by atomic mass is 10.4. The predicted octanol–water partition coefficient (Wildman–Crippen LogP) is 2.97. The summed E-state index contributed by atoms with van der Waals surface area (Å²) >= 11 is 7.77. The van der Waals surface area contributed by atoms with Crippen molar-refractivity contribution in [2.45, 2.75) is 16.2 Å². The molecule has 1 saturated carbocycles. The van der Waals surface area contributed by atoms with Crippen molar-refractivity contribution in [1.82, 2.24) is 19.4 Å². The third-order valence-corrected chi connectivity index (χ3v) is 6.31. The molecule has 1 aliphatic carbocycles. The molecule has 24 heavy (non-hydrogen) atoms. The van der Waals surface area contributed by atoms with E-state index in [1.807, 2.05) is 24.7 Å². The number of anilines is 2. The van der Waals surface area contributed by atoms with Gasteiger partial charge in [0.2, 0.25) is 5.95 Å². The minimum Gasteiger partial charge on any atom is -0.382 e. The molecule has 122 valence electrons. The van der Waals surface area contributed by atoms with Crippen molar-refractivity contribution in [2.24, 2.45) is 11.8 Å². The van der Waals surface area contributed by atoms with Crippen LogP contribution in [0.3, 0.4) is 0 Å². The highest BCUT2D eigenvalue weighted by molar-refractivity contribution is 7.99. The van der Waals surface area contributed by atoms with E-state index in [1.165, 1.54) is 18.2 Å². The second-order valence-electron chi connectivity index (χ2n) is 6.31. The highest BCUT2D eigenvalue weighted by Gasteiger charge is 2.46. The molecular formula is C16H15ClN6S. The maximum atomic E-state index is 6.26. The number of imidazole rings is 1. The SMILES string of the molecule is Nc1nccc(Sc2cnc(N3C[C@H]4C[C@H]4C3)n3ccnc23)c1Cl. The van der Waals surface area contributed by atoms with Gasteiger partial charge in [-0.25, -0.2) is 15.0 Å². The van der Waals surface area contributed by atoms with Crippen molar-refractivity contribution in [3.8, 4) is 0 Å². The number of nitrogens with two attached hydrogens (primary N) is 1. The number of nitrogen functional groups attached to an aromatic ring is 1. The van der Waals surface area contributed by atoms with Crippen LogP contribution >= 0.6 is 23.4 Å². The fourth-order valence-electron chi connectivity index (χ4n) is 3.39. The molecule has 0 radical (unpaired) electrons. The van der Waals surface area contributed by atoms with Crippen LogP contribution in [0.1, 0.15) is 6.42 Å². The highest BCUT2D eigenvalue weighted by Crippen LogP contribution is 2.46. The standard InChI is InChI=1S/C16H15ClN6S/c17-13-11(1-2-19-14(13)18)24-12-6-21-16(23-4-3-20-15(12)23)22-7-9-5-10(9)8-22/h1-4,6,9-10H,5,7-8H2,(H2,18,19)/t9-,10+. The monoisotopic (exact) mass is 358 g/mol. The number of piperidine rings is 1. The first-order valence-corrected chi connectivity index (χ1v) is 9.05. The van der Waals surface area contributed by atoms with Gasteiger partial charge in [0, 0.05) is 42.8 Å². The fraction of sp³-hybridized carbons (Fsp3) is 0.312. The maximum absolute atomic E-state index is 6.26. The number of rotatable bonds is 3. The van der Waals surface area contributed by atoms with Gasteiger partial charge in [0.05, 0.1) is 9.92 Å². The lowest BCUT2D eigenvalue weighted by molar-refractivity contribution is 0.774. The summed E-state index contributed by atoms with van der Waals surface area (Å²) in [6.45, 7) is 2.20. The molecule has 1 saturated heterocycles. The summed E-state index contributed by atoms with van der Waals surface area (Å²) in [5.74, 6) is 3.03. The summed E-state index contributed by atoms with van der Waals surface area (Å²) in [7, 11) is 0. The van der Waals surface area contributed by atoms with Gasteiger partial charge in [-0.3, -0.25) is 4.40 Å². The number of aromatic nitrogens is 4. The molecule has 0 unspecified atom stereocenters. The second-order valence-corrected chi connectivity index (χ2v) is 7.78. The number of pyridine rings is 1.